The minimum Gasteiger partial charge on any atom is -0.459 e. The quantitative estimate of drug-likeness (QED) is 0.00507. The van der Waals surface area contributed by atoms with Crippen molar-refractivity contribution in [2.75, 3.05) is 32.4 Å². The molecule has 122 heavy (non-hydrogen) atoms. The predicted molar refractivity (Wildman–Crippen MR) is 442 cm³/mol. The van der Waals surface area contributed by atoms with Gasteiger partial charge in [-0.3, -0.25) is 91.5 Å². The Morgan fingerprint density at radius 1 is 0.713 bits per heavy atom. The van der Waals surface area contributed by atoms with Gasteiger partial charge in [-0.2, -0.15) is 8.42 Å². The average molecular weight is 1790 g/mol. The van der Waals surface area contributed by atoms with Crippen molar-refractivity contribution >= 4 is 144 Å². The van der Waals surface area contributed by atoms with Gasteiger partial charge in [0.05, 0.1) is 12.5 Å². The van der Waals surface area contributed by atoms with Crippen molar-refractivity contribution < 1.29 is 104 Å². The van der Waals surface area contributed by atoms with E-state index < -0.39 is 251 Å². The molecular formula is C78H109BrN20O22S. The highest BCUT2D eigenvalue weighted by molar-refractivity contribution is 9.10. The van der Waals surface area contributed by atoms with Crippen LogP contribution >= 0.6 is 15.9 Å². The molecule has 6 rings (SSSR count). The number of aliphatic hydroxyl groups is 1. The fourth-order valence-corrected chi connectivity index (χ4v) is 14.4. The molecule has 3 heterocycles. The van der Waals surface area contributed by atoms with Crippen molar-refractivity contribution in [3.63, 3.8) is 0 Å². The van der Waals surface area contributed by atoms with E-state index in [1.165, 1.54) is 18.0 Å². The number of nitrogens with one attached hydrogen (secondary N) is 15. The summed E-state index contributed by atoms with van der Waals surface area (Å²) in [5.41, 5.74) is 17.3. The van der Waals surface area contributed by atoms with Crippen LogP contribution in [0.4, 0.5) is 0 Å². The Bertz CT molecular complexity index is 4610. The summed E-state index contributed by atoms with van der Waals surface area (Å²) >= 11 is 3.39. The lowest BCUT2D eigenvalue weighted by atomic mass is 9.85. The van der Waals surface area contributed by atoms with Gasteiger partial charge in [0.2, 0.25) is 95.0 Å². The number of para-hydroxylation sites is 1. The number of carbonyl (C=O) groups is 17. The van der Waals surface area contributed by atoms with Gasteiger partial charge in [-0.15, -0.1) is 0 Å². The molecule has 44 heteroatoms. The molecular weight excluding hydrogens is 1680 g/mol. The number of fused-ring (bicyclic) bond motifs is 1. The van der Waals surface area contributed by atoms with Crippen molar-refractivity contribution in [3.05, 3.63) is 106 Å². The van der Waals surface area contributed by atoms with Crippen molar-refractivity contribution in [1.82, 2.24) is 83.9 Å². The maximum atomic E-state index is 15.3. The number of likely N-dealkylation sites (N-methyl/N-ethyl adjacent to an activating group) is 1. The lowest BCUT2D eigenvalue weighted by Gasteiger charge is -2.34. The number of cyclic esters (lactones) is 1. The number of benzene rings is 3. The third kappa shape index (κ3) is 29.9. The van der Waals surface area contributed by atoms with E-state index in [-0.39, 0.29) is 45.2 Å². The third-order valence-electron chi connectivity index (χ3n) is 20.1. The smallest absolute Gasteiger partial charge is 0.325 e. The van der Waals surface area contributed by atoms with E-state index in [2.05, 4.69) is 90.0 Å². The monoisotopic (exact) mass is 1790 g/mol. The van der Waals surface area contributed by atoms with Gasteiger partial charge >= 0.3 is 5.97 Å². The zero-order chi connectivity index (χ0) is 90.8. The number of hydrogen-bond acceptors (Lipinski definition) is 22. The highest BCUT2D eigenvalue weighted by Gasteiger charge is 2.45. The number of guanidine groups is 1. The number of esters is 1. The fraction of sp³-hybridized carbons (Fsp3) is 0.513. The van der Waals surface area contributed by atoms with Crippen LogP contribution in [0, 0.1) is 16.7 Å². The minimum absolute atomic E-state index is 0.0140. The first kappa shape index (κ1) is 98.6. The Labute approximate surface area is 711 Å². The summed E-state index contributed by atoms with van der Waals surface area (Å²) in [5, 5.41) is 50.9. The maximum absolute atomic E-state index is 15.3. The van der Waals surface area contributed by atoms with E-state index in [1.54, 1.807) is 113 Å². The molecule has 15 atom stereocenters. The van der Waals surface area contributed by atoms with Crippen LogP contribution in [-0.2, 0) is 116 Å². The summed E-state index contributed by atoms with van der Waals surface area (Å²) in [6.45, 7) is 10.2. The van der Waals surface area contributed by atoms with Gasteiger partial charge in [0, 0.05) is 67.4 Å². The van der Waals surface area contributed by atoms with Gasteiger partial charge < -0.3 is 111 Å². The van der Waals surface area contributed by atoms with E-state index in [4.69, 9.17) is 27.3 Å². The summed E-state index contributed by atoms with van der Waals surface area (Å²) in [4.78, 5) is 245. The summed E-state index contributed by atoms with van der Waals surface area (Å²) in [6.07, 6.45) is -5.08. The molecule has 2 aliphatic rings. The number of nitrogens with two attached hydrogens (primary N) is 3. The average Bonchev–Trinajstić information content (AvgIpc) is 1.54. The van der Waals surface area contributed by atoms with Gasteiger partial charge in [-0.25, -0.2) is 0 Å². The number of amides is 16. The Balaban J connectivity index is 1.35. The van der Waals surface area contributed by atoms with Gasteiger partial charge in [0.15, 0.2) is 5.96 Å². The molecule has 0 aliphatic carbocycles. The number of hydrogen-bond donors (Lipinski definition) is 20. The summed E-state index contributed by atoms with van der Waals surface area (Å²) in [7, 11) is -4.49. The van der Waals surface area contributed by atoms with Crippen molar-refractivity contribution in [3.8, 4) is 0 Å². The van der Waals surface area contributed by atoms with Gasteiger partial charge in [-0.05, 0) is 99.1 Å². The Morgan fingerprint density at radius 3 is 1.95 bits per heavy atom. The van der Waals surface area contributed by atoms with Crippen LogP contribution in [0.15, 0.2) is 89.5 Å². The topological polar surface area (TPSA) is 655 Å². The van der Waals surface area contributed by atoms with Crippen molar-refractivity contribution in [2.24, 2.45) is 28.5 Å². The SMILES string of the molecule is CC(NC=O)C(=O)NC(Cc1ccc(Br)cc1)C(=O)N1CCCC1C(=O)NC(C(=O)NC(C(=O)NC(Cc1c[nH]c2ccccc12)C(=O)NC(CCCNC(=N)N)C(=O)NC(CS(=O)(=O)O)C(=O)NC1C(=O)N(C)C(CCC(N)=O)C(=O)NC(Cc2ccccc2)C(=O)NC(C(C)O)C(=O)NC(CC(N)=O)C(=O)NCC(=O)OC1C)C(C)(C)C)C(C)C. The number of H-pyrrole nitrogens is 1. The van der Waals surface area contributed by atoms with Crippen LogP contribution in [-0.4, -0.2) is 263 Å². The molecule has 3 aromatic carbocycles. The van der Waals surface area contributed by atoms with E-state index >= 15 is 24.0 Å². The van der Waals surface area contributed by atoms with E-state index in [0.717, 1.165) is 25.4 Å². The molecule has 2 saturated heterocycles. The molecule has 1 aromatic heterocycles. The number of ether oxygens (including phenoxy) is 1. The number of aliphatic hydroxyl groups excluding tert-OH is 1. The van der Waals surface area contributed by atoms with Crippen LogP contribution in [0.3, 0.4) is 0 Å². The number of carbonyl (C=O) groups excluding carboxylic acids is 17. The first-order chi connectivity index (χ1) is 57.3. The zero-order valence-electron chi connectivity index (χ0n) is 68.8. The lowest BCUT2D eigenvalue weighted by molar-refractivity contribution is -0.155. The molecule has 23 N–H and O–H groups in total. The van der Waals surface area contributed by atoms with E-state index in [1.807, 2.05) is 0 Å². The molecule has 0 saturated carbocycles. The highest BCUT2D eigenvalue weighted by Crippen LogP contribution is 2.26. The van der Waals surface area contributed by atoms with Crippen molar-refractivity contribution in [2.45, 2.75) is 210 Å². The standard InChI is InChI=1S/C78H109BrN20O22S/c1-39(2)60(94-71(112)56-22-16-30-99(56)75(116)53(92-64(105)40(3)87-38-100)32-44-23-25-46(79)26-24-44)72(113)97-63(78(6,7)8)74(115)91-51(33-45-35-85-48-20-14-13-19-47(45)48)67(108)88-49(21-15-29-84-77(82)83)66(107)93-54(37-122(118,119)120)69(110)96-62-42(5)121-59(104)36-86-65(106)52(34-58(81)103)90-73(114)61(41(4)101)95-68(109)50(31-43-17-11-10-12-18-43)89-70(111)55(27-28-57(80)102)98(9)76(62)117/h10-14,17-20,23-26,35,38-42,49-56,60-63,85,101H,15-16,21-22,27-34,36-37H2,1-9H3,(H2,80,102)(H2,81,103)(H,86,106)(H,87,100)(H,88,108)(H,89,111)(H,90,114)(H,91,115)(H,92,105)(H,93,107)(H,94,112)(H,95,109)(H,96,110)(H,97,113)(H4,82,83,84)(H,118,119,120). The van der Waals surface area contributed by atoms with E-state index in [9.17, 15) is 75.6 Å². The van der Waals surface area contributed by atoms with Crippen LogP contribution < -0.4 is 86.3 Å². The molecule has 666 valence electrons. The number of nitrogens with zero attached hydrogens (tertiary/aromatic N) is 2. The molecule has 42 nitrogen and oxygen atoms in total. The molecule has 0 spiro atoms. The largest absolute Gasteiger partial charge is 0.459 e. The number of aromatic nitrogens is 1. The van der Waals surface area contributed by atoms with Crippen LogP contribution in [0.25, 0.3) is 10.9 Å². The lowest BCUT2D eigenvalue weighted by Crippen LogP contribution is -2.64. The molecule has 4 aromatic rings. The molecule has 0 bridgehead atoms. The second kappa shape index (κ2) is 45.5. The molecule has 2 aliphatic heterocycles. The third-order valence-corrected chi connectivity index (χ3v) is 21.4. The van der Waals surface area contributed by atoms with Gasteiger partial charge in [0.25, 0.3) is 10.1 Å². The maximum Gasteiger partial charge on any atom is 0.325 e. The molecule has 16 amide bonds. The summed E-state index contributed by atoms with van der Waals surface area (Å²) in [5.74, 6) is -21.1. The van der Waals surface area contributed by atoms with Crippen LogP contribution in [0.2, 0.25) is 0 Å². The second-order valence-electron chi connectivity index (χ2n) is 31.2. The van der Waals surface area contributed by atoms with Gasteiger partial charge in [0.1, 0.15) is 96.9 Å². The zero-order valence-corrected chi connectivity index (χ0v) is 71.2. The number of aromatic amines is 1. The second-order valence-corrected chi connectivity index (χ2v) is 33.6. The van der Waals surface area contributed by atoms with Crippen LogP contribution in [0.1, 0.15) is 117 Å². The number of rotatable bonds is 36. The normalized spacial score (nSPS) is 20.4. The predicted octanol–water partition coefficient (Wildman–Crippen LogP) is -4.80. The minimum atomic E-state index is -5.44. The fourth-order valence-electron chi connectivity index (χ4n) is 13.5. The number of likely N-dealkylation sites (tertiary alicyclic amines) is 1. The van der Waals surface area contributed by atoms with Crippen molar-refractivity contribution in [1.29, 1.82) is 5.41 Å². The number of halogens is 1. The summed E-state index contributed by atoms with van der Waals surface area (Å²) < 4.78 is 42.9. The van der Waals surface area contributed by atoms with Crippen LogP contribution in [0.5, 0.6) is 0 Å². The Hall–Kier alpha value is -12.2. The molecule has 0 radical (unpaired) electrons. The molecule has 15 unspecified atom stereocenters. The molecule has 2 fully saturated rings. The van der Waals surface area contributed by atoms with E-state index in [0.29, 0.717) is 45.3 Å². The highest BCUT2D eigenvalue weighted by atomic mass is 79.9. The first-order valence-corrected chi connectivity index (χ1v) is 41.6. The number of primary amides is 2. The summed E-state index contributed by atoms with van der Waals surface area (Å²) in [6, 6.07) is -0.760. The Kier molecular flexibility index (Phi) is 36.7. The Morgan fingerprint density at radius 2 is 1.34 bits per heavy atom. The van der Waals surface area contributed by atoms with Gasteiger partial charge in [-0.1, -0.05) is 111 Å². The first-order valence-electron chi connectivity index (χ1n) is 39.2.